The van der Waals surface area contributed by atoms with Gasteiger partial charge in [0.15, 0.2) is 0 Å². The van der Waals surface area contributed by atoms with Crippen molar-refractivity contribution < 1.29 is 14.3 Å². The third-order valence-electron chi connectivity index (χ3n) is 3.59. The second kappa shape index (κ2) is 6.06. The van der Waals surface area contributed by atoms with E-state index in [-0.39, 0.29) is 11.8 Å². The van der Waals surface area contributed by atoms with Gasteiger partial charge in [0, 0.05) is 6.42 Å². The Bertz CT molecular complexity index is 338. The van der Waals surface area contributed by atoms with Crippen LogP contribution >= 0.6 is 0 Å². The van der Waals surface area contributed by atoms with Crippen LogP contribution in [0.5, 0.6) is 0 Å². The molecular weight excluding hydrogens is 240 g/mol. The summed E-state index contributed by atoms with van der Waals surface area (Å²) >= 11 is 0. The average Bonchev–Trinajstić information content (AvgIpc) is 2.39. The summed E-state index contributed by atoms with van der Waals surface area (Å²) in [6.45, 7) is 9.69. The molecule has 1 aliphatic rings. The van der Waals surface area contributed by atoms with E-state index >= 15 is 0 Å². The van der Waals surface area contributed by atoms with Gasteiger partial charge in [-0.05, 0) is 46.0 Å². The number of carbonyl (C=O) groups is 2. The van der Waals surface area contributed by atoms with Crippen LogP contribution < -0.4 is 0 Å². The zero-order chi connectivity index (χ0) is 14.7. The van der Waals surface area contributed by atoms with Gasteiger partial charge >= 0.3 is 5.97 Å². The molecule has 0 radical (unpaired) electrons. The summed E-state index contributed by atoms with van der Waals surface area (Å²) in [5.41, 5.74) is -1.43. The Morgan fingerprint density at radius 2 is 1.89 bits per heavy atom. The van der Waals surface area contributed by atoms with Gasteiger partial charge in [-0.15, -0.1) is 0 Å². The molecule has 0 N–H and O–H groups in total. The number of ketones is 1. The molecule has 1 aliphatic carbocycles. The van der Waals surface area contributed by atoms with Crippen LogP contribution in [0, 0.1) is 11.3 Å². The quantitative estimate of drug-likeness (QED) is 0.443. The lowest BCUT2D eigenvalue weighted by Gasteiger charge is -2.33. The summed E-state index contributed by atoms with van der Waals surface area (Å²) in [5.74, 6) is 0.100. The number of ether oxygens (including phenoxy) is 1. The van der Waals surface area contributed by atoms with Crippen molar-refractivity contribution in [2.24, 2.45) is 11.3 Å². The van der Waals surface area contributed by atoms with E-state index in [2.05, 4.69) is 13.8 Å². The van der Waals surface area contributed by atoms with E-state index in [1.165, 1.54) is 0 Å². The molecule has 3 heteroatoms. The fourth-order valence-corrected chi connectivity index (χ4v) is 2.86. The second-order valence-corrected chi connectivity index (χ2v) is 7.17. The molecule has 1 rings (SSSR count). The average molecular weight is 268 g/mol. The van der Waals surface area contributed by atoms with Gasteiger partial charge in [-0.25, -0.2) is 0 Å². The molecule has 110 valence electrons. The van der Waals surface area contributed by atoms with Crippen LogP contribution in [0.2, 0.25) is 0 Å². The van der Waals surface area contributed by atoms with Crippen molar-refractivity contribution >= 4 is 11.8 Å². The molecule has 0 aliphatic heterocycles. The van der Waals surface area contributed by atoms with Gasteiger partial charge in [-0.1, -0.05) is 26.7 Å². The van der Waals surface area contributed by atoms with E-state index in [4.69, 9.17) is 4.74 Å². The molecule has 0 aromatic carbocycles. The van der Waals surface area contributed by atoms with Gasteiger partial charge in [-0.2, -0.15) is 0 Å². The summed E-state index contributed by atoms with van der Waals surface area (Å²) in [6, 6.07) is 0. The maximum Gasteiger partial charge on any atom is 0.320 e. The first-order valence-corrected chi connectivity index (χ1v) is 7.44. The number of Topliss-reactive ketones (excluding diaryl/α,β-unsaturated/α-hetero) is 1. The predicted molar refractivity (Wildman–Crippen MR) is 75.8 cm³/mol. The van der Waals surface area contributed by atoms with Gasteiger partial charge in [0.1, 0.15) is 16.8 Å². The number of rotatable bonds is 3. The third kappa shape index (κ3) is 4.32. The summed E-state index contributed by atoms with van der Waals surface area (Å²) < 4.78 is 5.55. The molecule has 0 spiro atoms. The van der Waals surface area contributed by atoms with Crippen molar-refractivity contribution in [2.75, 3.05) is 0 Å². The lowest BCUT2D eigenvalue weighted by molar-refractivity contribution is -0.172. The summed E-state index contributed by atoms with van der Waals surface area (Å²) in [6.07, 6.45) is 4.67. The lowest BCUT2D eigenvalue weighted by Crippen LogP contribution is -2.44. The maximum atomic E-state index is 12.6. The zero-order valence-corrected chi connectivity index (χ0v) is 13.0. The molecule has 0 bridgehead atoms. The molecular formula is C16H28O3. The van der Waals surface area contributed by atoms with Crippen molar-refractivity contribution in [3.05, 3.63) is 0 Å². The smallest absolute Gasteiger partial charge is 0.320 e. The van der Waals surface area contributed by atoms with Gasteiger partial charge < -0.3 is 4.74 Å². The van der Waals surface area contributed by atoms with Crippen molar-refractivity contribution in [1.29, 1.82) is 0 Å². The Labute approximate surface area is 117 Å². The standard InChI is InChI=1S/C16H28O3/c1-12(2)11-16(14(18)19-15(3,4)5)10-8-6-7-9-13(16)17/h12H,6-11H2,1-5H3. The molecule has 1 fully saturated rings. The van der Waals surface area contributed by atoms with Gasteiger partial charge in [-0.3, -0.25) is 9.59 Å². The van der Waals surface area contributed by atoms with E-state index in [0.717, 1.165) is 19.3 Å². The molecule has 0 amide bonds. The highest BCUT2D eigenvalue weighted by Gasteiger charge is 2.48. The van der Waals surface area contributed by atoms with E-state index in [1.54, 1.807) is 0 Å². The molecule has 1 unspecified atom stereocenters. The van der Waals surface area contributed by atoms with Gasteiger partial charge in [0.05, 0.1) is 0 Å². The van der Waals surface area contributed by atoms with Gasteiger partial charge in [0.25, 0.3) is 0 Å². The summed E-state index contributed by atoms with van der Waals surface area (Å²) in [5, 5.41) is 0. The minimum absolute atomic E-state index is 0.0907. The maximum absolute atomic E-state index is 12.6. The van der Waals surface area contributed by atoms with Crippen LogP contribution in [0.4, 0.5) is 0 Å². The number of carbonyl (C=O) groups excluding carboxylic acids is 2. The molecule has 0 aromatic rings. The number of hydrogen-bond acceptors (Lipinski definition) is 3. The molecule has 0 saturated heterocycles. The monoisotopic (exact) mass is 268 g/mol. The van der Waals surface area contributed by atoms with E-state index in [9.17, 15) is 9.59 Å². The van der Waals surface area contributed by atoms with Crippen LogP contribution in [0.15, 0.2) is 0 Å². The lowest BCUT2D eigenvalue weighted by atomic mass is 9.73. The van der Waals surface area contributed by atoms with Gasteiger partial charge in [0.2, 0.25) is 0 Å². The fraction of sp³-hybridized carbons (Fsp3) is 0.875. The van der Waals surface area contributed by atoms with Crippen LogP contribution in [-0.2, 0) is 14.3 Å². The first-order valence-electron chi connectivity index (χ1n) is 7.44. The Balaban J connectivity index is 3.03. The highest BCUT2D eigenvalue weighted by atomic mass is 16.6. The normalized spacial score (nSPS) is 25.3. The highest BCUT2D eigenvalue weighted by Crippen LogP contribution is 2.40. The fourth-order valence-electron chi connectivity index (χ4n) is 2.86. The zero-order valence-electron chi connectivity index (χ0n) is 13.0. The van der Waals surface area contributed by atoms with E-state index in [1.807, 2.05) is 20.8 Å². The minimum Gasteiger partial charge on any atom is -0.459 e. The van der Waals surface area contributed by atoms with Crippen molar-refractivity contribution in [2.45, 2.75) is 78.7 Å². The topological polar surface area (TPSA) is 43.4 Å². The van der Waals surface area contributed by atoms with Crippen LogP contribution in [0.25, 0.3) is 0 Å². The number of esters is 1. The second-order valence-electron chi connectivity index (χ2n) is 7.17. The minimum atomic E-state index is -0.891. The van der Waals surface area contributed by atoms with Crippen LogP contribution in [0.3, 0.4) is 0 Å². The largest absolute Gasteiger partial charge is 0.459 e. The first-order chi connectivity index (χ1) is 8.67. The number of hydrogen-bond donors (Lipinski definition) is 0. The Kier molecular flexibility index (Phi) is 5.17. The SMILES string of the molecule is CC(C)CC1(C(=O)OC(C)(C)C)CCCCCC1=O. The van der Waals surface area contributed by atoms with E-state index < -0.39 is 11.0 Å². The molecule has 19 heavy (non-hydrogen) atoms. The Hall–Kier alpha value is -0.860. The summed E-state index contributed by atoms with van der Waals surface area (Å²) in [7, 11) is 0. The van der Waals surface area contributed by atoms with E-state index in [0.29, 0.717) is 25.2 Å². The highest BCUT2D eigenvalue weighted by molar-refractivity contribution is 6.04. The molecule has 3 nitrogen and oxygen atoms in total. The Morgan fingerprint density at radius 1 is 1.26 bits per heavy atom. The van der Waals surface area contributed by atoms with Crippen molar-refractivity contribution in [1.82, 2.24) is 0 Å². The van der Waals surface area contributed by atoms with Crippen molar-refractivity contribution in [3.8, 4) is 0 Å². The predicted octanol–water partition coefficient (Wildman–Crippen LogP) is 3.89. The Morgan fingerprint density at radius 3 is 2.42 bits per heavy atom. The first kappa shape index (κ1) is 16.2. The van der Waals surface area contributed by atoms with Crippen LogP contribution in [-0.4, -0.2) is 17.4 Å². The molecule has 1 atom stereocenters. The van der Waals surface area contributed by atoms with Crippen LogP contribution in [0.1, 0.15) is 73.1 Å². The summed E-state index contributed by atoms with van der Waals surface area (Å²) in [4.78, 5) is 25.1. The molecule has 0 heterocycles. The molecule has 0 aromatic heterocycles. The van der Waals surface area contributed by atoms with Crippen molar-refractivity contribution in [3.63, 3.8) is 0 Å². The third-order valence-corrected chi connectivity index (χ3v) is 3.59. The molecule has 1 saturated carbocycles.